The molecule has 115 heavy (non-hydrogen) atoms. The van der Waals surface area contributed by atoms with Gasteiger partial charge in [-0.2, -0.15) is 0 Å². The van der Waals surface area contributed by atoms with E-state index in [1.54, 1.807) is 72.8 Å². The number of rotatable bonds is 62. The number of para-hydroxylation sites is 3. The lowest BCUT2D eigenvalue weighted by Gasteiger charge is -2.47. The molecule has 8 rings (SSSR count). The minimum Gasteiger partial charge on any atom is -0.462 e. The van der Waals surface area contributed by atoms with Crippen molar-refractivity contribution in [1.82, 2.24) is 0 Å². The van der Waals surface area contributed by atoms with E-state index in [0.717, 1.165) is 11.1 Å². The first kappa shape index (κ1) is 94.4. The summed E-state index contributed by atoms with van der Waals surface area (Å²) in [6.07, 6.45) is -15.0. The number of hydrogen-bond donors (Lipinski definition) is 1. The Labute approximate surface area is 674 Å². The predicted molar refractivity (Wildman–Crippen MR) is 412 cm³/mol. The average molecular weight is 1680 g/mol. The molecule has 3 aliphatic rings. The summed E-state index contributed by atoms with van der Waals surface area (Å²) in [5.74, 6) is 0.458. The van der Waals surface area contributed by atoms with Crippen LogP contribution in [0.4, 0.5) is 0 Å². The maximum Gasteiger partial charge on any atom is 0.530 e. The Morgan fingerprint density at radius 3 is 1.04 bits per heavy atom. The molecule has 3 saturated heterocycles. The number of hydrogen-bond acceptors (Lipinski definition) is 31. The first-order valence-electron chi connectivity index (χ1n) is 38.0. The fourth-order valence-electron chi connectivity index (χ4n) is 11.1. The van der Waals surface area contributed by atoms with Crippen molar-refractivity contribution in [2.75, 3.05) is 225 Å². The zero-order chi connectivity index (χ0) is 80.6. The highest BCUT2D eigenvalue weighted by molar-refractivity contribution is 7.49. The van der Waals surface area contributed by atoms with Crippen LogP contribution in [0.15, 0.2) is 156 Å². The summed E-state index contributed by atoms with van der Waals surface area (Å²) in [4.78, 5) is 17.7. The van der Waals surface area contributed by atoms with Gasteiger partial charge in [-0.25, -0.2) is 9.13 Å². The number of benzene rings is 5. The third-order valence-corrected chi connectivity index (χ3v) is 19.1. The highest BCUT2D eigenvalue weighted by Gasteiger charge is 2.57. The first-order chi connectivity index (χ1) is 56.6. The molecular formula is C76H107ClN6O30P2. The van der Waals surface area contributed by atoms with E-state index in [0.29, 0.717) is 77.6 Å². The second-order valence-corrected chi connectivity index (χ2v) is 28.2. The van der Waals surface area contributed by atoms with Gasteiger partial charge in [0, 0.05) is 22.9 Å². The molecule has 638 valence electrons. The largest absolute Gasteiger partial charge is 0.530 e. The number of fused-ring (bicyclic) bond motifs is 2. The standard InChI is InChI=1S/C76H107ClN6O30P2/c77-65-23-13-14-24-66(65)111-115(86)106-60-68-69(112-114(84,85)105-59-67-70(113-115)72(102-54-50-96-41-37-89-31-29-87-27-25-80-82-78)74(76(109-67)108-64-21-11-4-12-22-64)104-56-52-97-43-38-90-32-30-88-28-26-81-83-79)71(101-53-49-95-42-39-91-33-35-93-45-47-99-57-61-15-5-1-6-16-61)73(75(110-68)107-63-19-9-3-10-20-63)103-55-51-98-44-40-92-34-36-94-46-48-100-58-62-17-7-2-8-18-62/h1-24,67-76H,25-60H2,(H,84,85)/t67-,68-,69-,70-,71+,72+,73-,74-,75-,76-,115?/m1/s1. The molecular weight excluding hydrogens is 1570 g/mol. The number of phosphoric acid groups is 2. The van der Waals surface area contributed by atoms with Gasteiger partial charge >= 0.3 is 15.6 Å². The lowest BCUT2D eigenvalue weighted by atomic mass is 9.98. The van der Waals surface area contributed by atoms with Gasteiger partial charge in [-0.3, -0.25) is 18.1 Å². The molecule has 0 saturated carbocycles. The van der Waals surface area contributed by atoms with Gasteiger partial charge in [-0.05, 0) is 58.6 Å². The van der Waals surface area contributed by atoms with Gasteiger partial charge in [0.25, 0.3) is 0 Å². The van der Waals surface area contributed by atoms with E-state index < -0.39 is 90.3 Å². The molecule has 0 bridgehead atoms. The van der Waals surface area contributed by atoms with Crippen LogP contribution in [0.25, 0.3) is 20.9 Å². The summed E-state index contributed by atoms with van der Waals surface area (Å²) >= 11 is 6.78. The number of phosphoric ester groups is 2. The van der Waals surface area contributed by atoms with Crippen LogP contribution in [0.2, 0.25) is 5.02 Å². The van der Waals surface area contributed by atoms with E-state index in [2.05, 4.69) is 20.1 Å². The zero-order valence-corrected chi connectivity index (χ0v) is 66.9. The molecule has 5 aromatic carbocycles. The van der Waals surface area contributed by atoms with E-state index in [-0.39, 0.29) is 169 Å². The Hall–Kier alpha value is -6.13. The van der Waals surface area contributed by atoms with Crippen molar-refractivity contribution in [1.29, 1.82) is 0 Å². The van der Waals surface area contributed by atoms with Crippen LogP contribution in [-0.4, -0.2) is 291 Å². The van der Waals surface area contributed by atoms with Crippen LogP contribution < -0.4 is 14.0 Å². The molecule has 1 N–H and O–H groups in total. The van der Waals surface area contributed by atoms with Crippen molar-refractivity contribution < 1.29 is 141 Å². The maximum absolute atomic E-state index is 16.3. The van der Waals surface area contributed by atoms with Crippen LogP contribution in [-0.2, 0) is 135 Å². The number of nitrogens with zero attached hydrogens (tertiary/aromatic N) is 6. The Morgan fingerprint density at radius 2 is 0.678 bits per heavy atom. The first-order valence-corrected chi connectivity index (χ1v) is 41.3. The normalized spacial score (nSPS) is 23.0. The highest BCUT2D eigenvalue weighted by Crippen LogP contribution is 2.56. The summed E-state index contributed by atoms with van der Waals surface area (Å²) in [6, 6.07) is 43.0. The van der Waals surface area contributed by atoms with Crippen LogP contribution >= 0.6 is 27.2 Å². The molecule has 3 aliphatic heterocycles. The summed E-state index contributed by atoms with van der Waals surface area (Å²) in [7, 11) is -10.6. The topological polar surface area (TPSA) is 401 Å². The fourth-order valence-corrected chi connectivity index (χ4v) is 13.7. The second kappa shape index (κ2) is 58.7. The summed E-state index contributed by atoms with van der Waals surface area (Å²) in [5, 5.41) is 6.90. The van der Waals surface area contributed by atoms with Crippen LogP contribution in [0.1, 0.15) is 11.1 Å². The van der Waals surface area contributed by atoms with Crippen molar-refractivity contribution in [3.05, 3.63) is 183 Å². The molecule has 3 heterocycles. The van der Waals surface area contributed by atoms with Crippen LogP contribution in [0.5, 0.6) is 17.2 Å². The smallest absolute Gasteiger partial charge is 0.462 e. The quantitative estimate of drug-likeness (QED) is 0.0124. The fraction of sp³-hybridized carbons (Fsp3) is 0.605. The van der Waals surface area contributed by atoms with Crippen molar-refractivity contribution >= 4 is 27.2 Å². The van der Waals surface area contributed by atoms with Crippen LogP contribution in [0, 0.1) is 0 Å². The molecule has 0 aromatic heterocycles. The lowest BCUT2D eigenvalue weighted by Crippen LogP contribution is -2.63. The van der Waals surface area contributed by atoms with Gasteiger partial charge in [0.2, 0.25) is 12.6 Å². The van der Waals surface area contributed by atoms with E-state index in [4.69, 9.17) is 149 Å². The van der Waals surface area contributed by atoms with E-state index in [1.807, 2.05) is 60.7 Å². The Bertz CT molecular complexity index is 3520. The van der Waals surface area contributed by atoms with Gasteiger partial charge in [0.1, 0.15) is 66.1 Å². The number of halogens is 1. The summed E-state index contributed by atoms with van der Waals surface area (Å²) in [5.41, 5.74) is 19.2. The summed E-state index contributed by atoms with van der Waals surface area (Å²) in [6.45, 7) is 4.59. The molecule has 5 aromatic rings. The molecule has 12 atom stereocenters. The van der Waals surface area contributed by atoms with E-state index >= 15 is 9.13 Å². The molecule has 2 unspecified atom stereocenters. The monoisotopic (exact) mass is 1680 g/mol. The highest BCUT2D eigenvalue weighted by atomic mass is 35.5. The Balaban J connectivity index is 1.01. The maximum atomic E-state index is 16.3. The van der Waals surface area contributed by atoms with Gasteiger partial charge in [-0.1, -0.05) is 131 Å². The lowest BCUT2D eigenvalue weighted by molar-refractivity contribution is -0.301. The van der Waals surface area contributed by atoms with Gasteiger partial charge < -0.3 is 114 Å². The SMILES string of the molecule is [N-]=[N+]=NCCOCCOCCOCCO[C@@H]1[C@@H](OCCOCCOCCOCCN=[N+]=[N-])[C@H](Oc2ccccc2)O[C@@H]2COP(=O)(O)O[C@H]3[C@H](OCCOCCOCCOCCOCc4ccccc4)[C@@H](OCCOCCOCCOCCOCc4ccccc4)[C@H](Oc4ccccc4)O[C@@H]3COP(=O)(Oc3ccccc3Cl)O[C@@H]12. The molecule has 39 heteroatoms. The van der Waals surface area contributed by atoms with Crippen molar-refractivity contribution in [2.24, 2.45) is 10.2 Å². The van der Waals surface area contributed by atoms with Crippen LogP contribution in [0.3, 0.4) is 0 Å². The third-order valence-electron chi connectivity index (χ3n) is 16.4. The molecule has 0 amide bonds. The second-order valence-electron chi connectivity index (χ2n) is 24.8. The zero-order valence-electron chi connectivity index (χ0n) is 64.3. The van der Waals surface area contributed by atoms with Gasteiger partial charge in [-0.15, -0.1) is 0 Å². The van der Waals surface area contributed by atoms with Crippen molar-refractivity contribution in [3.63, 3.8) is 0 Å². The molecule has 3 fully saturated rings. The Morgan fingerprint density at radius 1 is 0.374 bits per heavy atom. The molecule has 36 nitrogen and oxygen atoms in total. The number of ether oxygens (including phenoxy) is 22. The van der Waals surface area contributed by atoms with Gasteiger partial charge in [0.05, 0.1) is 230 Å². The molecule has 0 radical (unpaired) electrons. The summed E-state index contributed by atoms with van der Waals surface area (Å²) < 4.78 is 197. The third kappa shape index (κ3) is 39.1. The van der Waals surface area contributed by atoms with E-state index in [9.17, 15) is 4.89 Å². The van der Waals surface area contributed by atoms with Gasteiger partial charge in [0.15, 0.2) is 0 Å². The minimum absolute atomic E-state index is 0.000445. The van der Waals surface area contributed by atoms with Crippen molar-refractivity contribution in [2.45, 2.75) is 74.6 Å². The van der Waals surface area contributed by atoms with Crippen molar-refractivity contribution in [3.8, 4) is 17.2 Å². The van der Waals surface area contributed by atoms with E-state index in [1.165, 1.54) is 12.1 Å². The average Bonchev–Trinajstić information content (AvgIpc) is 0.770. The predicted octanol–water partition coefficient (Wildman–Crippen LogP) is 10.1. The molecule has 0 spiro atoms. The molecule has 0 aliphatic carbocycles. The Kier molecular flexibility index (Phi) is 48.2. The number of azide groups is 2. The minimum atomic E-state index is -5.41.